The van der Waals surface area contributed by atoms with Crippen molar-refractivity contribution in [3.8, 4) is 0 Å². The highest BCUT2D eigenvalue weighted by molar-refractivity contribution is 7.15. The third-order valence-electron chi connectivity index (χ3n) is 1.90. The maximum absolute atomic E-state index is 11.3. The molecule has 0 spiro atoms. The quantitative estimate of drug-likeness (QED) is 0.625. The predicted octanol–water partition coefficient (Wildman–Crippen LogP) is 0.409. The number of urea groups is 1. The lowest BCUT2D eigenvalue weighted by Crippen LogP contribution is -2.47. The minimum Gasteiger partial charge on any atom is -0.479 e. The summed E-state index contributed by atoms with van der Waals surface area (Å²) in [7, 11) is 0. The molecular formula is C9H13N3O4S. The smallest absolute Gasteiger partial charge is 0.337 e. The monoisotopic (exact) mass is 259 g/mol. The molecule has 0 radical (unpaired) electrons. The van der Waals surface area contributed by atoms with Crippen LogP contribution in [0.25, 0.3) is 0 Å². The van der Waals surface area contributed by atoms with Crippen molar-refractivity contribution in [1.82, 2.24) is 10.3 Å². The number of aliphatic hydroxyl groups is 1. The number of nitrogens with one attached hydrogen (secondary N) is 2. The number of rotatable bonds is 4. The molecule has 1 aromatic heterocycles. The average molecular weight is 259 g/mol. The molecule has 0 fully saturated rings. The van der Waals surface area contributed by atoms with Crippen LogP contribution in [0.5, 0.6) is 0 Å². The molecule has 94 valence electrons. The zero-order valence-electron chi connectivity index (χ0n) is 9.35. The molecule has 2 amide bonds. The Morgan fingerprint density at radius 3 is 2.71 bits per heavy atom. The van der Waals surface area contributed by atoms with Crippen LogP contribution in [0, 0.1) is 6.92 Å². The fourth-order valence-corrected chi connectivity index (χ4v) is 1.54. The van der Waals surface area contributed by atoms with Gasteiger partial charge in [-0.3, -0.25) is 5.32 Å². The number of carboxylic acids is 1. The number of amides is 2. The van der Waals surface area contributed by atoms with Crippen LogP contribution >= 0.6 is 11.3 Å². The van der Waals surface area contributed by atoms with E-state index in [1.54, 1.807) is 6.20 Å². The van der Waals surface area contributed by atoms with E-state index >= 15 is 0 Å². The fraction of sp³-hybridized carbons (Fsp3) is 0.444. The van der Waals surface area contributed by atoms with Crippen molar-refractivity contribution < 1.29 is 19.8 Å². The van der Waals surface area contributed by atoms with Crippen LogP contribution in [-0.2, 0) is 4.79 Å². The number of carboxylic acid groups (broad SMARTS) is 1. The Balaban J connectivity index is 2.43. The molecule has 0 aromatic carbocycles. The molecule has 1 atom stereocenters. The summed E-state index contributed by atoms with van der Waals surface area (Å²) in [6, 6.07) is -0.610. The van der Waals surface area contributed by atoms with E-state index in [1.165, 1.54) is 11.3 Å². The Morgan fingerprint density at radius 2 is 2.24 bits per heavy atom. The van der Waals surface area contributed by atoms with Crippen molar-refractivity contribution in [2.75, 3.05) is 11.9 Å². The van der Waals surface area contributed by atoms with Gasteiger partial charge in [-0.15, -0.1) is 11.3 Å². The van der Waals surface area contributed by atoms with Crippen molar-refractivity contribution in [2.45, 2.75) is 19.4 Å². The molecule has 0 saturated heterocycles. The van der Waals surface area contributed by atoms with Gasteiger partial charge in [0.2, 0.25) is 0 Å². The van der Waals surface area contributed by atoms with Crippen LogP contribution in [0.1, 0.15) is 11.8 Å². The lowest BCUT2D eigenvalue weighted by Gasteiger charge is -2.18. The Morgan fingerprint density at radius 1 is 1.59 bits per heavy atom. The maximum Gasteiger partial charge on any atom is 0.337 e. The van der Waals surface area contributed by atoms with Gasteiger partial charge in [0.05, 0.1) is 6.54 Å². The second kappa shape index (κ2) is 5.11. The summed E-state index contributed by atoms with van der Waals surface area (Å²) in [4.78, 5) is 26.7. The van der Waals surface area contributed by atoms with Gasteiger partial charge in [-0.2, -0.15) is 0 Å². The highest BCUT2D eigenvalue weighted by Gasteiger charge is 2.30. The molecule has 1 rings (SSSR count). The van der Waals surface area contributed by atoms with Crippen LogP contribution in [0.3, 0.4) is 0 Å². The molecule has 8 heteroatoms. The van der Waals surface area contributed by atoms with E-state index in [0.29, 0.717) is 5.13 Å². The number of anilines is 1. The zero-order valence-corrected chi connectivity index (χ0v) is 10.2. The van der Waals surface area contributed by atoms with E-state index in [1.807, 2.05) is 6.92 Å². The Kier molecular flexibility index (Phi) is 4.02. The number of nitrogens with zero attached hydrogens (tertiary/aromatic N) is 1. The van der Waals surface area contributed by atoms with Crippen LogP contribution in [0.2, 0.25) is 0 Å². The van der Waals surface area contributed by atoms with Crippen molar-refractivity contribution in [3.05, 3.63) is 11.1 Å². The number of carbonyl (C=O) groups excluding carboxylic acids is 1. The molecule has 0 bridgehead atoms. The van der Waals surface area contributed by atoms with Crippen LogP contribution in [-0.4, -0.2) is 39.3 Å². The molecule has 0 aliphatic carbocycles. The highest BCUT2D eigenvalue weighted by atomic mass is 32.1. The SMILES string of the molecule is Cc1cnc(NC(=O)NCC(C)(O)C(=O)O)s1. The van der Waals surface area contributed by atoms with Gasteiger partial charge in [0.1, 0.15) is 0 Å². The van der Waals surface area contributed by atoms with E-state index in [9.17, 15) is 14.7 Å². The number of aryl methyl sites for hydroxylation is 1. The molecule has 1 unspecified atom stereocenters. The lowest BCUT2D eigenvalue weighted by atomic mass is 10.1. The average Bonchev–Trinajstić information content (AvgIpc) is 2.61. The lowest BCUT2D eigenvalue weighted by molar-refractivity contribution is -0.155. The largest absolute Gasteiger partial charge is 0.479 e. The summed E-state index contributed by atoms with van der Waals surface area (Å²) in [5.41, 5.74) is -1.99. The van der Waals surface area contributed by atoms with Crippen LogP contribution in [0.4, 0.5) is 9.93 Å². The molecule has 4 N–H and O–H groups in total. The van der Waals surface area contributed by atoms with Gasteiger partial charge < -0.3 is 15.5 Å². The number of aromatic nitrogens is 1. The third kappa shape index (κ3) is 4.00. The molecule has 1 heterocycles. The number of carbonyl (C=O) groups is 2. The topological polar surface area (TPSA) is 112 Å². The molecule has 17 heavy (non-hydrogen) atoms. The first-order valence-corrected chi connectivity index (χ1v) is 5.56. The Labute approximate surface area is 101 Å². The molecule has 1 aromatic rings. The number of aliphatic carboxylic acids is 1. The molecule has 0 aliphatic rings. The van der Waals surface area contributed by atoms with Crippen molar-refractivity contribution in [1.29, 1.82) is 0 Å². The summed E-state index contributed by atoms with van der Waals surface area (Å²) >= 11 is 1.29. The van der Waals surface area contributed by atoms with Crippen LogP contribution in [0.15, 0.2) is 6.20 Å². The molecule has 0 saturated carbocycles. The first kappa shape index (κ1) is 13.4. The highest BCUT2D eigenvalue weighted by Crippen LogP contribution is 2.16. The van der Waals surface area contributed by atoms with Gasteiger partial charge in [-0.05, 0) is 13.8 Å². The summed E-state index contributed by atoms with van der Waals surface area (Å²) in [6.45, 7) is 2.55. The summed E-state index contributed by atoms with van der Waals surface area (Å²) in [5.74, 6) is -1.40. The van der Waals surface area contributed by atoms with Crippen molar-refractivity contribution in [3.63, 3.8) is 0 Å². The minimum atomic E-state index is -1.99. The maximum atomic E-state index is 11.3. The van der Waals surface area contributed by atoms with Gasteiger partial charge in [-0.1, -0.05) is 0 Å². The Bertz CT molecular complexity index is 430. The molecular weight excluding hydrogens is 246 g/mol. The van der Waals surface area contributed by atoms with E-state index in [-0.39, 0.29) is 0 Å². The van der Waals surface area contributed by atoms with E-state index in [2.05, 4.69) is 15.6 Å². The van der Waals surface area contributed by atoms with E-state index in [4.69, 9.17) is 5.11 Å². The number of thiazole rings is 1. The zero-order chi connectivity index (χ0) is 13.1. The first-order valence-electron chi connectivity index (χ1n) is 4.74. The normalized spacial score (nSPS) is 13.8. The van der Waals surface area contributed by atoms with Gasteiger partial charge in [-0.25, -0.2) is 14.6 Å². The summed E-state index contributed by atoms with van der Waals surface area (Å²) in [5, 5.41) is 23.1. The minimum absolute atomic E-state index is 0.390. The summed E-state index contributed by atoms with van der Waals surface area (Å²) in [6.07, 6.45) is 1.60. The van der Waals surface area contributed by atoms with E-state index in [0.717, 1.165) is 11.8 Å². The van der Waals surface area contributed by atoms with Crippen molar-refractivity contribution in [2.24, 2.45) is 0 Å². The second-order valence-electron chi connectivity index (χ2n) is 3.66. The predicted molar refractivity (Wildman–Crippen MR) is 62.1 cm³/mol. The molecule has 7 nitrogen and oxygen atoms in total. The third-order valence-corrected chi connectivity index (χ3v) is 2.72. The van der Waals surface area contributed by atoms with Crippen molar-refractivity contribution >= 4 is 28.5 Å². The second-order valence-corrected chi connectivity index (χ2v) is 4.90. The number of hydrogen-bond acceptors (Lipinski definition) is 5. The van der Waals surface area contributed by atoms with E-state index < -0.39 is 24.1 Å². The first-order chi connectivity index (χ1) is 7.81. The van der Waals surface area contributed by atoms with Crippen LogP contribution < -0.4 is 10.6 Å². The van der Waals surface area contributed by atoms with Gasteiger partial charge in [0.15, 0.2) is 10.7 Å². The van der Waals surface area contributed by atoms with Gasteiger partial charge in [0, 0.05) is 11.1 Å². The number of hydrogen-bond donors (Lipinski definition) is 4. The summed E-state index contributed by atoms with van der Waals surface area (Å²) < 4.78 is 0. The fourth-order valence-electron chi connectivity index (χ4n) is 0.882. The standard InChI is InChI=1S/C9H13N3O4S/c1-5-3-10-8(17-5)12-7(15)11-4-9(2,16)6(13)14/h3,16H,4H2,1-2H3,(H,13,14)(H2,10,11,12,15). The van der Waals surface area contributed by atoms with Gasteiger partial charge >= 0.3 is 12.0 Å². The Hall–Kier alpha value is -1.67. The van der Waals surface area contributed by atoms with Gasteiger partial charge in [0.25, 0.3) is 0 Å². The molecule has 0 aliphatic heterocycles.